The molecule has 0 fully saturated rings. The van der Waals surface area contributed by atoms with Gasteiger partial charge in [-0.15, -0.1) is 0 Å². The Morgan fingerprint density at radius 1 is 1.36 bits per heavy atom. The summed E-state index contributed by atoms with van der Waals surface area (Å²) >= 11 is 0. The van der Waals surface area contributed by atoms with Gasteiger partial charge in [-0.25, -0.2) is 4.79 Å². The van der Waals surface area contributed by atoms with Crippen LogP contribution in [0.5, 0.6) is 0 Å². The molecule has 8 heteroatoms. The van der Waals surface area contributed by atoms with Crippen molar-refractivity contribution in [1.82, 2.24) is 15.1 Å². The van der Waals surface area contributed by atoms with E-state index in [0.29, 0.717) is 17.7 Å². The van der Waals surface area contributed by atoms with E-state index in [2.05, 4.69) is 15.7 Å². The van der Waals surface area contributed by atoms with Crippen molar-refractivity contribution in [1.29, 1.82) is 0 Å². The fourth-order valence-electron chi connectivity index (χ4n) is 2.80. The van der Waals surface area contributed by atoms with Crippen molar-refractivity contribution in [2.45, 2.75) is 40.2 Å². The first-order valence-electron chi connectivity index (χ1n) is 8.00. The van der Waals surface area contributed by atoms with Crippen LogP contribution < -0.4 is 10.6 Å². The molecule has 0 bridgehead atoms. The molecule has 25 heavy (non-hydrogen) atoms. The Balaban J connectivity index is 1.98. The van der Waals surface area contributed by atoms with Gasteiger partial charge in [0.05, 0.1) is 10.6 Å². The van der Waals surface area contributed by atoms with Crippen LogP contribution in [-0.2, 0) is 13.5 Å². The van der Waals surface area contributed by atoms with Crippen molar-refractivity contribution in [3.63, 3.8) is 0 Å². The molecule has 0 aliphatic heterocycles. The molecule has 0 saturated carbocycles. The fourth-order valence-corrected chi connectivity index (χ4v) is 2.80. The van der Waals surface area contributed by atoms with Crippen LogP contribution in [0.3, 0.4) is 0 Å². The second-order valence-corrected chi connectivity index (χ2v) is 6.23. The van der Waals surface area contributed by atoms with Crippen molar-refractivity contribution in [2.75, 3.05) is 5.32 Å². The van der Waals surface area contributed by atoms with Crippen molar-refractivity contribution in [2.24, 2.45) is 7.05 Å². The Morgan fingerprint density at radius 2 is 2.04 bits per heavy atom. The molecule has 0 radical (unpaired) electrons. The summed E-state index contributed by atoms with van der Waals surface area (Å²) in [5, 5.41) is 20.8. The molecule has 1 heterocycles. The van der Waals surface area contributed by atoms with Gasteiger partial charge in [0.25, 0.3) is 5.69 Å². The zero-order chi connectivity index (χ0) is 18.7. The predicted molar refractivity (Wildman–Crippen MR) is 95.8 cm³/mol. The molecular weight excluding hydrogens is 322 g/mol. The quantitative estimate of drug-likeness (QED) is 0.642. The number of amides is 2. The van der Waals surface area contributed by atoms with Crippen LogP contribution in [0.15, 0.2) is 18.2 Å². The second-order valence-electron chi connectivity index (χ2n) is 6.23. The summed E-state index contributed by atoms with van der Waals surface area (Å²) in [6.07, 6.45) is 0.679. The molecule has 0 unspecified atom stereocenters. The number of nitro groups is 1. The number of carbonyl (C=O) groups excluding carboxylic acids is 1. The maximum Gasteiger partial charge on any atom is 0.319 e. The number of nitro benzene ring substituents is 1. The number of rotatable bonds is 5. The third-order valence-corrected chi connectivity index (χ3v) is 4.20. The number of carbonyl (C=O) groups is 1. The smallest absolute Gasteiger partial charge is 0.319 e. The number of benzene rings is 1. The van der Waals surface area contributed by atoms with E-state index in [4.69, 9.17) is 0 Å². The lowest BCUT2D eigenvalue weighted by Gasteiger charge is -2.15. The first-order chi connectivity index (χ1) is 11.7. The van der Waals surface area contributed by atoms with E-state index in [1.165, 1.54) is 12.1 Å². The van der Waals surface area contributed by atoms with Gasteiger partial charge in [-0.3, -0.25) is 14.8 Å². The highest BCUT2D eigenvalue weighted by molar-refractivity contribution is 5.89. The van der Waals surface area contributed by atoms with Gasteiger partial charge in [0.1, 0.15) is 0 Å². The number of hydrogen-bond donors (Lipinski definition) is 2. The van der Waals surface area contributed by atoms with Gasteiger partial charge in [0.15, 0.2) is 0 Å². The van der Waals surface area contributed by atoms with Gasteiger partial charge in [-0.1, -0.05) is 0 Å². The van der Waals surface area contributed by atoms with Crippen LogP contribution in [-0.4, -0.2) is 26.8 Å². The van der Waals surface area contributed by atoms with Crippen LogP contribution in [0.25, 0.3) is 0 Å². The number of nitrogens with one attached hydrogen (secondary N) is 2. The van der Waals surface area contributed by atoms with E-state index in [1.54, 1.807) is 13.0 Å². The predicted octanol–water partition coefficient (Wildman–Crippen LogP) is 3.01. The van der Waals surface area contributed by atoms with Gasteiger partial charge >= 0.3 is 6.03 Å². The summed E-state index contributed by atoms with van der Waals surface area (Å²) in [5.74, 6) is 0. The van der Waals surface area contributed by atoms with E-state index in [0.717, 1.165) is 17.0 Å². The van der Waals surface area contributed by atoms with E-state index < -0.39 is 4.92 Å². The number of nitrogens with zero attached hydrogens (tertiary/aromatic N) is 3. The third kappa shape index (κ3) is 4.34. The third-order valence-electron chi connectivity index (χ3n) is 4.20. The lowest BCUT2D eigenvalue weighted by atomic mass is 10.1. The number of aryl methyl sites for hydroxylation is 3. The Bertz CT molecular complexity index is 813. The van der Waals surface area contributed by atoms with E-state index in [-0.39, 0.29) is 17.8 Å². The van der Waals surface area contributed by atoms with Crippen molar-refractivity contribution in [3.8, 4) is 0 Å². The van der Waals surface area contributed by atoms with Gasteiger partial charge < -0.3 is 10.6 Å². The molecule has 0 aliphatic carbocycles. The van der Waals surface area contributed by atoms with Crippen molar-refractivity contribution in [3.05, 3.63) is 50.8 Å². The molecule has 1 aromatic carbocycles. The van der Waals surface area contributed by atoms with Gasteiger partial charge in [0, 0.05) is 36.1 Å². The molecule has 1 aromatic heterocycles. The summed E-state index contributed by atoms with van der Waals surface area (Å²) < 4.78 is 1.83. The molecule has 2 amide bonds. The van der Waals surface area contributed by atoms with Gasteiger partial charge in [-0.2, -0.15) is 5.10 Å². The number of anilines is 1. The van der Waals surface area contributed by atoms with E-state index in [1.807, 2.05) is 32.5 Å². The Labute approximate surface area is 146 Å². The summed E-state index contributed by atoms with van der Waals surface area (Å²) in [4.78, 5) is 22.5. The standard InChI is InChI=1S/C17H23N5O3/c1-10-8-14(6-7-16(10)22(24)25)19-17(23)18-11(2)9-15-12(3)20-21(5)13(15)4/h6-8,11H,9H2,1-5H3,(H2,18,19,23)/t11-/m0/s1. The Kier molecular flexibility index (Phi) is 5.41. The Hall–Kier alpha value is -2.90. The lowest BCUT2D eigenvalue weighted by Crippen LogP contribution is -2.37. The molecule has 0 saturated heterocycles. The van der Waals surface area contributed by atoms with Crippen molar-refractivity contribution < 1.29 is 9.72 Å². The molecule has 0 aliphatic rings. The molecule has 0 spiro atoms. The SMILES string of the molecule is Cc1cc(NC(=O)N[C@@H](C)Cc2c(C)nn(C)c2C)ccc1[N+](=O)[O-]. The summed E-state index contributed by atoms with van der Waals surface area (Å²) in [6.45, 7) is 7.51. The topological polar surface area (TPSA) is 102 Å². The number of hydrogen-bond acceptors (Lipinski definition) is 4. The highest BCUT2D eigenvalue weighted by atomic mass is 16.6. The van der Waals surface area contributed by atoms with Crippen LogP contribution in [0.4, 0.5) is 16.2 Å². The first-order valence-corrected chi connectivity index (χ1v) is 8.00. The Morgan fingerprint density at radius 3 is 2.56 bits per heavy atom. The normalized spacial score (nSPS) is 11.9. The molecular formula is C17H23N5O3. The zero-order valence-corrected chi connectivity index (χ0v) is 15.1. The van der Waals surface area contributed by atoms with Crippen LogP contribution >= 0.6 is 0 Å². The maximum atomic E-state index is 12.1. The summed E-state index contributed by atoms with van der Waals surface area (Å²) in [5.41, 5.74) is 4.21. The van der Waals surface area contributed by atoms with E-state index >= 15 is 0 Å². The minimum Gasteiger partial charge on any atom is -0.335 e. The summed E-state index contributed by atoms with van der Waals surface area (Å²) in [6, 6.07) is 4.06. The average Bonchev–Trinajstić information content (AvgIpc) is 2.73. The van der Waals surface area contributed by atoms with E-state index in [9.17, 15) is 14.9 Å². The van der Waals surface area contributed by atoms with Crippen molar-refractivity contribution >= 4 is 17.4 Å². The highest BCUT2D eigenvalue weighted by Gasteiger charge is 2.15. The second kappa shape index (κ2) is 7.33. The largest absolute Gasteiger partial charge is 0.335 e. The molecule has 134 valence electrons. The number of aromatic nitrogens is 2. The van der Waals surface area contributed by atoms with Crippen LogP contribution in [0.2, 0.25) is 0 Å². The maximum absolute atomic E-state index is 12.1. The van der Waals surface area contributed by atoms with Crippen LogP contribution in [0, 0.1) is 30.9 Å². The first kappa shape index (κ1) is 18.4. The molecule has 2 aromatic rings. The fraction of sp³-hybridized carbons (Fsp3) is 0.412. The van der Waals surface area contributed by atoms with Crippen LogP contribution in [0.1, 0.15) is 29.4 Å². The molecule has 2 rings (SSSR count). The minimum atomic E-state index is -0.445. The molecule has 1 atom stereocenters. The average molecular weight is 345 g/mol. The molecule has 2 N–H and O–H groups in total. The highest BCUT2D eigenvalue weighted by Crippen LogP contribution is 2.21. The zero-order valence-electron chi connectivity index (χ0n) is 15.1. The van der Waals surface area contributed by atoms with Gasteiger partial charge in [-0.05, 0) is 51.8 Å². The molecule has 8 nitrogen and oxygen atoms in total. The number of urea groups is 1. The monoisotopic (exact) mass is 345 g/mol. The lowest BCUT2D eigenvalue weighted by molar-refractivity contribution is -0.385. The van der Waals surface area contributed by atoms with Gasteiger partial charge in [0.2, 0.25) is 0 Å². The summed E-state index contributed by atoms with van der Waals surface area (Å²) in [7, 11) is 1.90. The minimum absolute atomic E-state index is 0.0295.